The van der Waals surface area contributed by atoms with Gasteiger partial charge >= 0.3 is 0 Å². The molecule has 0 bridgehead atoms. The second-order valence-corrected chi connectivity index (χ2v) is 7.86. The monoisotopic (exact) mass is 412 g/mol. The number of rotatable bonds is 7. The predicted molar refractivity (Wildman–Crippen MR) is 115 cm³/mol. The molecule has 152 valence electrons. The molecule has 3 N–H and O–H groups in total. The number of aromatic nitrogens is 4. The van der Waals surface area contributed by atoms with E-state index in [4.69, 9.17) is 16.7 Å². The Bertz CT molecular complexity index is 944. The third-order valence-corrected chi connectivity index (χ3v) is 5.69. The van der Waals surface area contributed by atoms with Crippen LogP contribution in [0.1, 0.15) is 31.2 Å². The highest BCUT2D eigenvalue weighted by Gasteiger charge is 2.21. The molecule has 1 aliphatic rings. The summed E-state index contributed by atoms with van der Waals surface area (Å²) in [5, 5.41) is 17.3. The van der Waals surface area contributed by atoms with Crippen molar-refractivity contribution in [2.24, 2.45) is 5.92 Å². The first-order valence-corrected chi connectivity index (χ1v) is 10.4. The van der Waals surface area contributed by atoms with Gasteiger partial charge in [-0.3, -0.25) is 0 Å². The summed E-state index contributed by atoms with van der Waals surface area (Å²) < 4.78 is 0. The third kappa shape index (κ3) is 5.10. The van der Waals surface area contributed by atoms with Gasteiger partial charge in [0.1, 0.15) is 11.3 Å². The van der Waals surface area contributed by atoms with Crippen LogP contribution in [0.25, 0.3) is 10.9 Å². The lowest BCUT2D eigenvalue weighted by atomic mass is 9.86. The Kier molecular flexibility index (Phi) is 6.36. The van der Waals surface area contributed by atoms with Gasteiger partial charge in [0.25, 0.3) is 0 Å². The molecular formula is C21H25ClN6O. The van der Waals surface area contributed by atoms with E-state index in [0.717, 1.165) is 54.5 Å². The van der Waals surface area contributed by atoms with Crippen LogP contribution < -0.4 is 10.6 Å². The lowest BCUT2D eigenvalue weighted by Crippen LogP contribution is -2.29. The molecule has 0 aliphatic heterocycles. The van der Waals surface area contributed by atoms with Gasteiger partial charge in [0.05, 0.1) is 0 Å². The Morgan fingerprint density at radius 3 is 2.59 bits per heavy atom. The molecule has 3 aromatic heterocycles. The highest BCUT2D eigenvalue weighted by molar-refractivity contribution is 6.33. The Morgan fingerprint density at radius 1 is 1.03 bits per heavy atom. The molecule has 0 saturated heterocycles. The summed E-state index contributed by atoms with van der Waals surface area (Å²) in [7, 11) is 0. The second-order valence-electron chi connectivity index (χ2n) is 7.50. The molecule has 7 nitrogen and oxygen atoms in total. The van der Waals surface area contributed by atoms with Crippen LogP contribution in [0.3, 0.4) is 0 Å². The Balaban J connectivity index is 1.25. The molecule has 1 aliphatic carbocycles. The molecule has 3 aromatic rings. The highest BCUT2D eigenvalue weighted by atomic mass is 35.5. The van der Waals surface area contributed by atoms with Crippen LogP contribution in [0.5, 0.6) is 0 Å². The average molecular weight is 413 g/mol. The smallest absolute Gasteiger partial charge is 0.222 e. The summed E-state index contributed by atoms with van der Waals surface area (Å²) in [5.41, 5.74) is 1.69. The molecule has 0 atom stereocenters. The van der Waals surface area contributed by atoms with Gasteiger partial charge in [-0.25, -0.2) is 19.9 Å². The van der Waals surface area contributed by atoms with E-state index >= 15 is 0 Å². The number of aliphatic hydroxyl groups is 1. The minimum atomic E-state index is 0.117. The molecule has 29 heavy (non-hydrogen) atoms. The molecular weight excluding hydrogens is 388 g/mol. The topological polar surface area (TPSA) is 95.9 Å². The number of fused-ring (bicyclic) bond motifs is 1. The van der Waals surface area contributed by atoms with E-state index in [9.17, 15) is 0 Å². The summed E-state index contributed by atoms with van der Waals surface area (Å²) >= 11 is 6.17. The van der Waals surface area contributed by atoms with Gasteiger partial charge in [0, 0.05) is 43.2 Å². The number of aliphatic hydroxyl groups excluding tert-OH is 1. The van der Waals surface area contributed by atoms with Gasteiger partial charge in [-0.05, 0) is 61.8 Å². The number of hydrogen-bond donors (Lipinski definition) is 3. The highest BCUT2D eigenvalue weighted by Crippen LogP contribution is 2.27. The fourth-order valence-electron chi connectivity index (χ4n) is 3.75. The van der Waals surface area contributed by atoms with Gasteiger partial charge in [0.2, 0.25) is 5.95 Å². The maximum atomic E-state index is 8.95. The molecule has 8 heteroatoms. The van der Waals surface area contributed by atoms with Crippen LogP contribution in [-0.4, -0.2) is 44.2 Å². The van der Waals surface area contributed by atoms with E-state index in [-0.39, 0.29) is 6.61 Å². The molecule has 0 radical (unpaired) electrons. The number of halogens is 1. The maximum Gasteiger partial charge on any atom is 0.222 e. The van der Waals surface area contributed by atoms with Crippen molar-refractivity contribution in [1.82, 2.24) is 19.9 Å². The number of pyridine rings is 2. The van der Waals surface area contributed by atoms with Crippen molar-refractivity contribution >= 4 is 34.3 Å². The van der Waals surface area contributed by atoms with Gasteiger partial charge in [-0.15, -0.1) is 0 Å². The zero-order valence-corrected chi connectivity index (χ0v) is 16.9. The van der Waals surface area contributed by atoms with Crippen LogP contribution in [0.4, 0.5) is 11.8 Å². The third-order valence-electron chi connectivity index (χ3n) is 5.42. The van der Waals surface area contributed by atoms with E-state index in [0.29, 0.717) is 29.5 Å². The lowest BCUT2D eigenvalue weighted by molar-refractivity contribution is 0.299. The first kappa shape index (κ1) is 19.8. The van der Waals surface area contributed by atoms with Crippen LogP contribution in [0, 0.1) is 5.92 Å². The molecule has 0 amide bonds. The van der Waals surface area contributed by atoms with Crippen LogP contribution >= 0.6 is 11.6 Å². The molecule has 0 spiro atoms. The molecule has 3 heterocycles. The van der Waals surface area contributed by atoms with Crippen molar-refractivity contribution in [2.75, 3.05) is 23.8 Å². The zero-order valence-electron chi connectivity index (χ0n) is 16.2. The van der Waals surface area contributed by atoms with Crippen molar-refractivity contribution in [3.63, 3.8) is 0 Å². The summed E-state index contributed by atoms with van der Waals surface area (Å²) in [6.45, 7) is 0.994. The summed E-state index contributed by atoms with van der Waals surface area (Å²) in [6.07, 6.45) is 10.3. The summed E-state index contributed by atoms with van der Waals surface area (Å²) in [4.78, 5) is 17.4. The van der Waals surface area contributed by atoms with E-state index in [1.54, 1.807) is 18.6 Å². The Labute approximate surface area is 175 Å². The zero-order chi connectivity index (χ0) is 20.1. The van der Waals surface area contributed by atoms with Gasteiger partial charge in [-0.2, -0.15) is 0 Å². The first-order valence-electron chi connectivity index (χ1n) is 10.0. The van der Waals surface area contributed by atoms with Crippen molar-refractivity contribution in [1.29, 1.82) is 0 Å². The Morgan fingerprint density at radius 2 is 1.83 bits per heavy atom. The fraction of sp³-hybridized carbons (Fsp3) is 0.429. The minimum Gasteiger partial charge on any atom is -0.396 e. The van der Waals surface area contributed by atoms with Gasteiger partial charge < -0.3 is 15.7 Å². The summed E-state index contributed by atoms with van der Waals surface area (Å²) in [6, 6.07) is 6.37. The molecule has 1 fully saturated rings. The number of anilines is 2. The molecule has 0 aromatic carbocycles. The molecule has 1 saturated carbocycles. The fourth-order valence-corrected chi connectivity index (χ4v) is 3.96. The largest absolute Gasteiger partial charge is 0.396 e. The molecule has 0 unspecified atom stereocenters. The minimum absolute atomic E-state index is 0.117. The van der Waals surface area contributed by atoms with Crippen molar-refractivity contribution in [3.05, 3.63) is 47.5 Å². The molecule has 4 rings (SSSR count). The predicted octanol–water partition coefficient (Wildman–Crippen LogP) is 3.69. The van der Waals surface area contributed by atoms with Crippen molar-refractivity contribution in [3.8, 4) is 0 Å². The van der Waals surface area contributed by atoms with Crippen molar-refractivity contribution in [2.45, 2.75) is 38.1 Å². The van der Waals surface area contributed by atoms with Crippen LogP contribution in [0.15, 0.2) is 36.8 Å². The van der Waals surface area contributed by atoms with E-state index in [1.165, 1.54) is 0 Å². The average Bonchev–Trinajstić information content (AvgIpc) is 2.75. The summed E-state index contributed by atoms with van der Waals surface area (Å²) in [5.74, 6) is 2.11. The first-order chi connectivity index (χ1) is 14.2. The second kappa shape index (κ2) is 9.33. The van der Waals surface area contributed by atoms with E-state index < -0.39 is 0 Å². The standard InChI is InChI=1S/C21H25ClN6O/c22-20-19-16(7-9-23-20)3-6-18(28-19)27-17-4-1-14(2-5-17)11-24-21-25-12-15(8-10-29)13-26-21/h3,6-7,9,12-14,17,29H,1-2,4-5,8,10-11H2,(H,27,28)(H,24,25,26). The van der Waals surface area contributed by atoms with Crippen LogP contribution in [0.2, 0.25) is 5.15 Å². The van der Waals surface area contributed by atoms with E-state index in [2.05, 4.69) is 30.6 Å². The van der Waals surface area contributed by atoms with Gasteiger partial charge in [0.15, 0.2) is 5.15 Å². The van der Waals surface area contributed by atoms with Gasteiger partial charge in [-0.1, -0.05) is 11.6 Å². The number of hydrogen-bond acceptors (Lipinski definition) is 7. The van der Waals surface area contributed by atoms with Crippen molar-refractivity contribution < 1.29 is 5.11 Å². The van der Waals surface area contributed by atoms with Crippen LogP contribution in [-0.2, 0) is 6.42 Å². The maximum absolute atomic E-state index is 8.95. The lowest BCUT2D eigenvalue weighted by Gasteiger charge is -2.29. The quantitative estimate of drug-likeness (QED) is 0.509. The number of nitrogens with zero attached hydrogens (tertiary/aromatic N) is 4. The van der Waals surface area contributed by atoms with E-state index in [1.807, 2.05) is 18.2 Å². The Hall–Kier alpha value is -2.51. The number of nitrogens with one attached hydrogen (secondary N) is 2. The normalized spacial score (nSPS) is 19.2. The SMILES string of the molecule is OCCc1cnc(NCC2CCC(Nc3ccc4ccnc(Cl)c4n3)CC2)nc1.